The summed E-state index contributed by atoms with van der Waals surface area (Å²) in [6.45, 7) is 1.83. The zero-order valence-corrected chi connectivity index (χ0v) is 9.40. The third-order valence-corrected chi connectivity index (χ3v) is 1.99. The van der Waals surface area contributed by atoms with E-state index in [2.05, 4.69) is 0 Å². The Hall–Kier alpha value is -2.64. The number of hydrogen-bond donors (Lipinski definition) is 1. The molecule has 1 aromatic carbocycles. The molecule has 0 aliphatic heterocycles. The number of nitro groups is 2. The maximum absolute atomic E-state index is 10.8. The Morgan fingerprint density at radius 3 is 2.56 bits per heavy atom. The van der Waals surface area contributed by atoms with E-state index in [1.165, 1.54) is 6.07 Å². The minimum atomic E-state index is -0.766. The van der Waals surface area contributed by atoms with Crippen molar-refractivity contribution in [2.75, 3.05) is 6.61 Å². The van der Waals surface area contributed by atoms with Gasteiger partial charge in [-0.2, -0.15) is 0 Å². The first-order chi connectivity index (χ1) is 8.45. The van der Waals surface area contributed by atoms with Crippen LogP contribution in [-0.4, -0.2) is 21.6 Å². The van der Waals surface area contributed by atoms with Crippen LogP contribution in [0.2, 0.25) is 0 Å². The number of nitro benzene ring substituents is 2. The molecule has 0 bridgehead atoms. The summed E-state index contributed by atoms with van der Waals surface area (Å²) in [5.41, 5.74) is -0.846. The van der Waals surface area contributed by atoms with Gasteiger partial charge in [-0.15, -0.1) is 0 Å². The maximum Gasteiger partial charge on any atom is 0.283 e. The minimum absolute atomic E-state index is 0.0246. The van der Waals surface area contributed by atoms with Crippen molar-refractivity contribution in [3.8, 4) is 0 Å². The molecule has 0 radical (unpaired) electrons. The molecule has 0 aliphatic rings. The Balaban J connectivity index is 3.24. The van der Waals surface area contributed by atoms with Crippen LogP contribution < -0.4 is 0 Å². The van der Waals surface area contributed by atoms with Gasteiger partial charge in [-0.05, 0) is 13.0 Å². The van der Waals surface area contributed by atoms with Crippen molar-refractivity contribution in [2.24, 2.45) is 0 Å². The van der Waals surface area contributed by atoms with E-state index in [0.29, 0.717) is 0 Å². The molecule has 8 heteroatoms. The van der Waals surface area contributed by atoms with E-state index in [9.17, 15) is 25.3 Å². The van der Waals surface area contributed by atoms with Gasteiger partial charge in [-0.25, -0.2) is 0 Å². The third-order valence-electron chi connectivity index (χ3n) is 1.99. The summed E-state index contributed by atoms with van der Waals surface area (Å²) >= 11 is 0. The molecule has 0 fully saturated rings. The van der Waals surface area contributed by atoms with Crippen LogP contribution in [0.4, 0.5) is 11.4 Å². The fourth-order valence-corrected chi connectivity index (χ4v) is 1.25. The van der Waals surface area contributed by atoms with Crippen LogP contribution in [0.5, 0.6) is 0 Å². The quantitative estimate of drug-likeness (QED) is 0.490. The largest absolute Gasteiger partial charge is 0.481 e. The standard InChI is InChI=1S/C10H10N2O6/c1-2-18-10(13)5-7-3-4-8(11(14)15)6-9(7)12(16)17/h3-6,13H,2H2,1H3/b10-5-. The maximum atomic E-state index is 10.8. The third kappa shape index (κ3) is 3.17. The first kappa shape index (κ1) is 13.4. The average Bonchev–Trinajstić information content (AvgIpc) is 2.29. The Kier molecular flexibility index (Phi) is 4.19. The summed E-state index contributed by atoms with van der Waals surface area (Å²) in [5, 5.41) is 30.5. The number of benzene rings is 1. The molecular weight excluding hydrogens is 244 g/mol. The summed E-state index contributed by atoms with van der Waals surface area (Å²) in [6, 6.07) is 3.11. The SMILES string of the molecule is CCO/C(O)=C\c1ccc([N+](=O)[O-])cc1[N+](=O)[O-]. The molecule has 0 aliphatic carbocycles. The van der Waals surface area contributed by atoms with Crippen molar-refractivity contribution in [3.63, 3.8) is 0 Å². The predicted octanol–water partition coefficient (Wildman–Crippen LogP) is 2.40. The van der Waals surface area contributed by atoms with Crippen LogP contribution in [-0.2, 0) is 4.74 Å². The average molecular weight is 254 g/mol. The monoisotopic (exact) mass is 254 g/mol. The first-order valence-corrected chi connectivity index (χ1v) is 4.92. The topological polar surface area (TPSA) is 116 Å². The molecule has 1 rings (SSSR count). The van der Waals surface area contributed by atoms with Crippen molar-refractivity contribution < 1.29 is 19.7 Å². The molecule has 0 saturated heterocycles. The number of nitrogens with zero attached hydrogens (tertiary/aromatic N) is 2. The zero-order chi connectivity index (χ0) is 13.7. The summed E-state index contributed by atoms with van der Waals surface area (Å²) < 4.78 is 4.72. The lowest BCUT2D eigenvalue weighted by molar-refractivity contribution is -0.394. The fraction of sp³-hybridized carbons (Fsp3) is 0.200. The van der Waals surface area contributed by atoms with Gasteiger partial charge >= 0.3 is 0 Å². The molecule has 0 unspecified atom stereocenters. The second kappa shape index (κ2) is 5.62. The van der Waals surface area contributed by atoms with Crippen molar-refractivity contribution in [1.82, 2.24) is 0 Å². The van der Waals surface area contributed by atoms with Crippen molar-refractivity contribution >= 4 is 17.5 Å². The Labute approximate surface area is 101 Å². The minimum Gasteiger partial charge on any atom is -0.481 e. The van der Waals surface area contributed by atoms with Crippen molar-refractivity contribution in [1.29, 1.82) is 0 Å². The lowest BCUT2D eigenvalue weighted by atomic mass is 10.1. The Bertz CT molecular complexity index is 511. The van der Waals surface area contributed by atoms with E-state index < -0.39 is 27.2 Å². The van der Waals surface area contributed by atoms with Gasteiger partial charge in [0.25, 0.3) is 17.3 Å². The summed E-state index contributed by atoms with van der Waals surface area (Å²) in [6.07, 6.45) is 1.03. The van der Waals surface area contributed by atoms with Crippen LogP contribution >= 0.6 is 0 Å². The number of aliphatic hydroxyl groups excluding tert-OH is 1. The van der Waals surface area contributed by atoms with E-state index >= 15 is 0 Å². The van der Waals surface area contributed by atoms with E-state index in [1.54, 1.807) is 6.92 Å². The van der Waals surface area contributed by atoms with Gasteiger partial charge in [-0.1, -0.05) is 0 Å². The lowest BCUT2D eigenvalue weighted by Gasteiger charge is -2.01. The summed E-state index contributed by atoms with van der Waals surface area (Å²) in [5.74, 6) is -0.491. The Morgan fingerprint density at radius 1 is 1.39 bits per heavy atom. The van der Waals surface area contributed by atoms with Gasteiger partial charge in [0, 0.05) is 12.1 Å². The Morgan fingerprint density at radius 2 is 2.06 bits per heavy atom. The molecule has 0 saturated carbocycles. The van der Waals surface area contributed by atoms with Crippen LogP contribution in [0, 0.1) is 20.2 Å². The molecule has 1 aromatic rings. The molecule has 18 heavy (non-hydrogen) atoms. The number of rotatable bonds is 5. The highest BCUT2D eigenvalue weighted by Crippen LogP contribution is 2.26. The molecular formula is C10H10N2O6. The normalized spacial score (nSPS) is 11.1. The van der Waals surface area contributed by atoms with Gasteiger partial charge in [-0.3, -0.25) is 20.2 Å². The van der Waals surface area contributed by atoms with Gasteiger partial charge in [0.2, 0.25) is 0 Å². The molecule has 0 amide bonds. The van der Waals surface area contributed by atoms with Crippen LogP contribution in [0.3, 0.4) is 0 Å². The van der Waals surface area contributed by atoms with Crippen LogP contribution in [0.15, 0.2) is 24.1 Å². The van der Waals surface area contributed by atoms with Gasteiger partial charge < -0.3 is 9.84 Å². The van der Waals surface area contributed by atoms with Gasteiger partial charge in [0.05, 0.1) is 28.1 Å². The highest BCUT2D eigenvalue weighted by molar-refractivity contribution is 5.64. The van der Waals surface area contributed by atoms with E-state index in [-0.39, 0.29) is 12.2 Å². The smallest absolute Gasteiger partial charge is 0.283 e. The second-order valence-corrected chi connectivity index (χ2v) is 3.17. The molecule has 0 spiro atoms. The number of hydrogen-bond acceptors (Lipinski definition) is 6. The van der Waals surface area contributed by atoms with Gasteiger partial charge in [0.15, 0.2) is 0 Å². The highest BCUT2D eigenvalue weighted by Gasteiger charge is 2.18. The lowest BCUT2D eigenvalue weighted by Crippen LogP contribution is -1.96. The fourth-order valence-electron chi connectivity index (χ4n) is 1.25. The molecule has 0 atom stereocenters. The van der Waals surface area contributed by atoms with E-state index in [0.717, 1.165) is 18.2 Å². The molecule has 1 N–H and O–H groups in total. The predicted molar refractivity (Wildman–Crippen MR) is 62.0 cm³/mol. The molecule has 0 heterocycles. The van der Waals surface area contributed by atoms with Crippen molar-refractivity contribution in [3.05, 3.63) is 49.9 Å². The molecule has 8 nitrogen and oxygen atoms in total. The first-order valence-electron chi connectivity index (χ1n) is 4.92. The van der Waals surface area contributed by atoms with Crippen molar-refractivity contribution in [2.45, 2.75) is 6.92 Å². The second-order valence-electron chi connectivity index (χ2n) is 3.17. The summed E-state index contributed by atoms with van der Waals surface area (Å²) in [4.78, 5) is 19.8. The number of ether oxygens (including phenoxy) is 1. The van der Waals surface area contributed by atoms with Crippen LogP contribution in [0.1, 0.15) is 12.5 Å². The highest BCUT2D eigenvalue weighted by atomic mass is 16.6. The summed E-state index contributed by atoms with van der Waals surface area (Å²) in [7, 11) is 0. The number of non-ortho nitro benzene ring substituents is 1. The number of aliphatic hydroxyl groups is 1. The molecule has 96 valence electrons. The van der Waals surface area contributed by atoms with E-state index in [1.807, 2.05) is 0 Å². The van der Waals surface area contributed by atoms with Gasteiger partial charge in [0.1, 0.15) is 0 Å². The molecule has 0 aromatic heterocycles. The van der Waals surface area contributed by atoms with Crippen LogP contribution in [0.25, 0.3) is 6.08 Å². The van der Waals surface area contributed by atoms with E-state index in [4.69, 9.17) is 4.74 Å². The zero-order valence-electron chi connectivity index (χ0n) is 9.40.